The normalized spacial score (nSPS) is 19.8. The maximum absolute atomic E-state index is 12.4. The SMILES string of the molecule is Cl.Cl.Oc1c(OC(F)(F)F)cccc1[C@H](C1CC1)N1CCNCC1. The van der Waals surface area contributed by atoms with Crippen molar-refractivity contribution < 1.29 is 23.0 Å². The molecule has 1 aliphatic carbocycles. The maximum Gasteiger partial charge on any atom is 0.573 e. The number of para-hydroxylation sites is 1. The average Bonchev–Trinajstić information content (AvgIpc) is 3.28. The van der Waals surface area contributed by atoms with Gasteiger partial charge in [-0.2, -0.15) is 0 Å². The van der Waals surface area contributed by atoms with Crippen molar-refractivity contribution in [2.45, 2.75) is 25.2 Å². The second-order valence-electron chi connectivity index (χ2n) is 5.81. The van der Waals surface area contributed by atoms with E-state index in [1.165, 1.54) is 6.07 Å². The van der Waals surface area contributed by atoms with Crippen LogP contribution >= 0.6 is 24.8 Å². The fraction of sp³-hybridized carbons (Fsp3) is 0.600. The first-order valence-corrected chi connectivity index (χ1v) is 7.48. The van der Waals surface area contributed by atoms with Crippen molar-refractivity contribution in [3.63, 3.8) is 0 Å². The topological polar surface area (TPSA) is 44.7 Å². The van der Waals surface area contributed by atoms with Crippen LogP contribution in [0.2, 0.25) is 0 Å². The van der Waals surface area contributed by atoms with Gasteiger partial charge in [-0.1, -0.05) is 12.1 Å². The van der Waals surface area contributed by atoms with Crippen LogP contribution in [0.25, 0.3) is 0 Å². The highest BCUT2D eigenvalue weighted by Gasteiger charge is 2.39. The molecule has 0 unspecified atom stereocenters. The molecule has 1 atom stereocenters. The van der Waals surface area contributed by atoms with Crippen LogP contribution in [0.15, 0.2) is 18.2 Å². The van der Waals surface area contributed by atoms with Gasteiger partial charge in [-0.05, 0) is 24.8 Å². The number of benzene rings is 1. The zero-order valence-corrected chi connectivity index (χ0v) is 14.5. The molecule has 2 N–H and O–H groups in total. The monoisotopic (exact) mass is 388 g/mol. The van der Waals surface area contributed by atoms with E-state index in [2.05, 4.69) is 15.0 Å². The van der Waals surface area contributed by atoms with E-state index in [0.717, 1.165) is 45.1 Å². The Hall–Kier alpha value is -0.890. The molecule has 3 rings (SSSR count). The Bertz CT molecular complexity index is 536. The van der Waals surface area contributed by atoms with E-state index >= 15 is 0 Å². The molecule has 1 saturated heterocycles. The van der Waals surface area contributed by atoms with Gasteiger partial charge in [0.15, 0.2) is 11.5 Å². The molecule has 1 aliphatic heterocycles. The summed E-state index contributed by atoms with van der Waals surface area (Å²) in [6, 6.07) is 4.31. The Kier molecular flexibility index (Phi) is 7.46. The third-order valence-electron chi connectivity index (χ3n) is 4.19. The number of nitrogens with one attached hydrogen (secondary N) is 1. The number of nitrogens with zero attached hydrogens (tertiary/aromatic N) is 1. The first-order chi connectivity index (χ1) is 10.5. The quantitative estimate of drug-likeness (QED) is 0.828. The van der Waals surface area contributed by atoms with Gasteiger partial charge >= 0.3 is 6.36 Å². The molecule has 1 aromatic carbocycles. The summed E-state index contributed by atoms with van der Waals surface area (Å²) < 4.78 is 41.2. The number of piperazine rings is 1. The van der Waals surface area contributed by atoms with E-state index < -0.39 is 17.9 Å². The summed E-state index contributed by atoms with van der Waals surface area (Å²) in [5, 5.41) is 13.5. The van der Waals surface area contributed by atoms with Crippen LogP contribution in [0.4, 0.5) is 13.2 Å². The minimum Gasteiger partial charge on any atom is -0.504 e. The van der Waals surface area contributed by atoms with Gasteiger partial charge < -0.3 is 15.2 Å². The summed E-state index contributed by atoms with van der Waals surface area (Å²) in [7, 11) is 0. The molecule has 2 fully saturated rings. The van der Waals surface area contributed by atoms with Crippen LogP contribution in [-0.4, -0.2) is 42.5 Å². The predicted molar refractivity (Wildman–Crippen MR) is 89.2 cm³/mol. The Morgan fingerprint density at radius 1 is 1.17 bits per heavy atom. The minimum absolute atomic E-state index is 0. The van der Waals surface area contributed by atoms with Crippen LogP contribution in [0.5, 0.6) is 11.5 Å². The summed E-state index contributed by atoms with van der Waals surface area (Å²) in [4.78, 5) is 2.24. The van der Waals surface area contributed by atoms with E-state index in [9.17, 15) is 18.3 Å². The van der Waals surface area contributed by atoms with Crippen molar-refractivity contribution in [2.24, 2.45) is 5.92 Å². The van der Waals surface area contributed by atoms with Gasteiger partial charge in [0.25, 0.3) is 0 Å². The highest BCUT2D eigenvalue weighted by Crippen LogP contribution is 2.49. The number of halogens is 5. The van der Waals surface area contributed by atoms with Crippen LogP contribution in [0.3, 0.4) is 0 Å². The lowest BCUT2D eigenvalue weighted by Gasteiger charge is -2.36. The second-order valence-corrected chi connectivity index (χ2v) is 5.81. The highest BCUT2D eigenvalue weighted by molar-refractivity contribution is 5.85. The van der Waals surface area contributed by atoms with Gasteiger partial charge in [0, 0.05) is 37.8 Å². The largest absolute Gasteiger partial charge is 0.573 e. The van der Waals surface area contributed by atoms with Crippen LogP contribution < -0.4 is 10.1 Å². The zero-order valence-electron chi connectivity index (χ0n) is 12.9. The van der Waals surface area contributed by atoms with Crippen LogP contribution in [0, 0.1) is 5.92 Å². The maximum atomic E-state index is 12.4. The first-order valence-electron chi connectivity index (χ1n) is 7.48. The summed E-state index contributed by atoms with van der Waals surface area (Å²) in [6.45, 7) is 3.35. The van der Waals surface area contributed by atoms with Gasteiger partial charge in [-0.15, -0.1) is 38.0 Å². The Morgan fingerprint density at radius 3 is 2.33 bits per heavy atom. The number of alkyl halides is 3. The van der Waals surface area contributed by atoms with Gasteiger partial charge in [0.1, 0.15) is 0 Å². The Labute approximate surface area is 151 Å². The van der Waals surface area contributed by atoms with E-state index in [1.807, 2.05) is 0 Å². The minimum atomic E-state index is -4.81. The lowest BCUT2D eigenvalue weighted by Crippen LogP contribution is -2.45. The number of phenols is 1. The molecule has 1 aromatic rings. The van der Waals surface area contributed by atoms with Gasteiger partial charge in [-0.25, -0.2) is 0 Å². The molecule has 0 bridgehead atoms. The van der Waals surface area contributed by atoms with E-state index in [0.29, 0.717) is 11.5 Å². The fourth-order valence-corrected chi connectivity index (χ4v) is 3.11. The first kappa shape index (κ1) is 21.2. The number of ether oxygens (including phenoxy) is 1. The third kappa shape index (κ3) is 5.05. The number of aromatic hydroxyl groups is 1. The van der Waals surface area contributed by atoms with E-state index in [1.54, 1.807) is 6.07 Å². The summed E-state index contributed by atoms with van der Waals surface area (Å²) in [6.07, 6.45) is -2.73. The fourth-order valence-electron chi connectivity index (χ4n) is 3.11. The third-order valence-corrected chi connectivity index (χ3v) is 4.19. The summed E-state index contributed by atoms with van der Waals surface area (Å²) in [5.74, 6) is -0.522. The second kappa shape index (κ2) is 8.47. The van der Waals surface area contributed by atoms with Gasteiger partial charge in [-0.3, -0.25) is 4.90 Å². The molecule has 1 heterocycles. The summed E-state index contributed by atoms with van der Waals surface area (Å²) in [5.41, 5.74) is 0.533. The number of rotatable bonds is 4. The highest BCUT2D eigenvalue weighted by atomic mass is 35.5. The zero-order chi connectivity index (χ0) is 15.7. The molecule has 138 valence electrons. The van der Waals surface area contributed by atoms with Crippen molar-refractivity contribution in [1.29, 1.82) is 0 Å². The van der Waals surface area contributed by atoms with Gasteiger partial charge in [0.2, 0.25) is 0 Å². The Balaban J connectivity index is 0.00000144. The predicted octanol–water partition coefficient (Wildman–Crippen LogP) is 3.49. The Morgan fingerprint density at radius 2 is 1.79 bits per heavy atom. The summed E-state index contributed by atoms with van der Waals surface area (Å²) >= 11 is 0. The van der Waals surface area contributed by atoms with E-state index in [-0.39, 0.29) is 30.9 Å². The number of hydrogen-bond acceptors (Lipinski definition) is 4. The molecular weight excluding hydrogens is 368 g/mol. The van der Waals surface area contributed by atoms with Crippen LogP contribution in [0.1, 0.15) is 24.4 Å². The smallest absolute Gasteiger partial charge is 0.504 e. The lowest BCUT2D eigenvalue weighted by molar-refractivity contribution is -0.275. The molecular formula is C15H21Cl2F3N2O2. The molecule has 0 aromatic heterocycles. The van der Waals surface area contributed by atoms with Crippen molar-refractivity contribution in [3.8, 4) is 11.5 Å². The van der Waals surface area contributed by atoms with Crippen molar-refractivity contribution in [1.82, 2.24) is 10.2 Å². The van der Waals surface area contributed by atoms with E-state index in [4.69, 9.17) is 0 Å². The molecule has 9 heteroatoms. The van der Waals surface area contributed by atoms with Crippen LogP contribution in [-0.2, 0) is 0 Å². The number of phenolic OH excluding ortho intramolecular Hbond substituents is 1. The molecule has 0 radical (unpaired) electrons. The molecule has 24 heavy (non-hydrogen) atoms. The van der Waals surface area contributed by atoms with Gasteiger partial charge in [0.05, 0.1) is 0 Å². The number of hydrogen-bond donors (Lipinski definition) is 2. The molecule has 2 aliphatic rings. The van der Waals surface area contributed by atoms with Crippen molar-refractivity contribution in [2.75, 3.05) is 26.2 Å². The lowest BCUT2D eigenvalue weighted by atomic mass is 9.98. The molecule has 1 saturated carbocycles. The molecule has 4 nitrogen and oxygen atoms in total. The van der Waals surface area contributed by atoms with Crippen molar-refractivity contribution in [3.05, 3.63) is 23.8 Å². The molecule has 0 spiro atoms. The molecule has 0 amide bonds. The standard InChI is InChI=1S/C15H19F3N2O2.2ClH/c16-15(17,18)22-12-3-1-2-11(14(12)21)13(10-4-5-10)20-8-6-19-7-9-20;;/h1-3,10,13,19,21H,4-9H2;2*1H/t13-;;/m0../s1. The average molecular weight is 389 g/mol. The van der Waals surface area contributed by atoms with Crippen molar-refractivity contribution >= 4 is 24.8 Å².